The van der Waals surface area contributed by atoms with E-state index in [-0.39, 0.29) is 6.04 Å². The molecule has 0 N–H and O–H groups in total. The van der Waals surface area contributed by atoms with Crippen molar-refractivity contribution in [1.82, 2.24) is 9.80 Å². The van der Waals surface area contributed by atoms with Crippen LogP contribution in [0.5, 0.6) is 5.75 Å². The number of rotatable bonds is 6. The van der Waals surface area contributed by atoms with Crippen LogP contribution in [-0.2, 0) is 0 Å². The van der Waals surface area contributed by atoms with Crippen LogP contribution in [0.3, 0.4) is 0 Å². The van der Waals surface area contributed by atoms with Crippen LogP contribution < -0.4 is 4.74 Å². The van der Waals surface area contributed by atoms with E-state index in [4.69, 9.17) is 4.74 Å². The molecule has 1 fully saturated rings. The van der Waals surface area contributed by atoms with E-state index in [1.165, 1.54) is 0 Å². The zero-order chi connectivity index (χ0) is 15.1. The molecule has 1 aliphatic heterocycles. The molecular weight excluding hydrogens is 262 g/mol. The molecule has 1 aliphatic rings. The van der Waals surface area contributed by atoms with Gasteiger partial charge < -0.3 is 9.64 Å². The minimum atomic E-state index is -0.149. The van der Waals surface area contributed by atoms with E-state index >= 15 is 0 Å². The highest BCUT2D eigenvalue weighted by Gasteiger charge is 2.24. The number of benzene rings is 1. The summed E-state index contributed by atoms with van der Waals surface area (Å²) in [6, 6.07) is 10.3. The van der Waals surface area contributed by atoms with Gasteiger partial charge in [0.1, 0.15) is 11.8 Å². The Kier molecular flexibility index (Phi) is 6.04. The molecule has 1 aromatic rings. The molecule has 114 valence electrons. The summed E-state index contributed by atoms with van der Waals surface area (Å²) in [6.45, 7) is 10.1. The van der Waals surface area contributed by atoms with Crippen molar-refractivity contribution in [1.29, 1.82) is 5.26 Å². The summed E-state index contributed by atoms with van der Waals surface area (Å²) in [4.78, 5) is 4.70. The lowest BCUT2D eigenvalue weighted by Crippen LogP contribution is -2.47. The molecule has 2 rings (SSSR count). The van der Waals surface area contributed by atoms with Gasteiger partial charge in [0.15, 0.2) is 0 Å². The van der Waals surface area contributed by atoms with Crippen molar-refractivity contribution in [3.8, 4) is 11.8 Å². The van der Waals surface area contributed by atoms with Crippen LogP contribution in [0, 0.1) is 11.3 Å². The summed E-state index contributed by atoms with van der Waals surface area (Å²) in [5.74, 6) is 0.882. The van der Waals surface area contributed by atoms with Crippen LogP contribution in [0.25, 0.3) is 0 Å². The molecule has 0 saturated carbocycles. The van der Waals surface area contributed by atoms with Crippen LogP contribution in [0.2, 0.25) is 0 Å². The largest absolute Gasteiger partial charge is 0.494 e. The Bertz CT molecular complexity index is 458. The van der Waals surface area contributed by atoms with E-state index in [9.17, 15) is 5.26 Å². The standard InChI is InChI=1S/C17H25N3O/c1-3-13-21-16-7-5-15(6-8-16)17(14-18)20-11-9-19(4-2)10-12-20/h5-8,17H,3-4,9-13H2,1-2H3. The number of nitriles is 1. The summed E-state index contributed by atoms with van der Waals surface area (Å²) < 4.78 is 5.59. The predicted octanol–water partition coefficient (Wildman–Crippen LogP) is 2.68. The van der Waals surface area contributed by atoms with Crippen molar-refractivity contribution in [2.75, 3.05) is 39.3 Å². The van der Waals surface area contributed by atoms with Crippen molar-refractivity contribution >= 4 is 0 Å². The minimum Gasteiger partial charge on any atom is -0.494 e. The Morgan fingerprint density at radius 1 is 1.14 bits per heavy atom. The second kappa shape index (κ2) is 8.02. The molecule has 0 bridgehead atoms. The lowest BCUT2D eigenvalue weighted by molar-refractivity contribution is 0.118. The number of hydrogen-bond donors (Lipinski definition) is 0. The summed E-state index contributed by atoms with van der Waals surface area (Å²) in [7, 11) is 0. The third kappa shape index (κ3) is 4.20. The lowest BCUT2D eigenvalue weighted by Gasteiger charge is -2.36. The minimum absolute atomic E-state index is 0.149. The molecule has 0 aliphatic carbocycles. The quantitative estimate of drug-likeness (QED) is 0.806. The average Bonchev–Trinajstić information content (AvgIpc) is 2.55. The summed E-state index contributed by atoms with van der Waals surface area (Å²) in [5, 5.41) is 9.53. The highest BCUT2D eigenvalue weighted by molar-refractivity contribution is 5.31. The maximum absolute atomic E-state index is 9.53. The number of hydrogen-bond acceptors (Lipinski definition) is 4. The molecule has 0 radical (unpaired) electrons. The third-order valence-corrected chi connectivity index (χ3v) is 4.01. The first-order chi connectivity index (χ1) is 10.3. The van der Waals surface area contributed by atoms with E-state index in [0.29, 0.717) is 0 Å². The lowest BCUT2D eigenvalue weighted by atomic mass is 10.1. The molecule has 1 aromatic carbocycles. The fraction of sp³-hybridized carbons (Fsp3) is 0.588. The van der Waals surface area contributed by atoms with Gasteiger partial charge in [-0.2, -0.15) is 5.26 Å². The molecule has 0 spiro atoms. The van der Waals surface area contributed by atoms with E-state index in [0.717, 1.165) is 57.1 Å². The zero-order valence-electron chi connectivity index (χ0n) is 13.1. The smallest absolute Gasteiger partial charge is 0.123 e. The van der Waals surface area contributed by atoms with Crippen LogP contribution in [-0.4, -0.2) is 49.1 Å². The maximum atomic E-state index is 9.53. The van der Waals surface area contributed by atoms with Gasteiger partial charge in [0.05, 0.1) is 12.7 Å². The Hall–Kier alpha value is -1.57. The molecule has 1 saturated heterocycles. The SMILES string of the molecule is CCCOc1ccc(C(C#N)N2CCN(CC)CC2)cc1. The topological polar surface area (TPSA) is 39.5 Å². The first-order valence-electron chi connectivity index (χ1n) is 7.87. The Morgan fingerprint density at radius 3 is 2.33 bits per heavy atom. The molecule has 21 heavy (non-hydrogen) atoms. The van der Waals surface area contributed by atoms with Crippen molar-refractivity contribution < 1.29 is 4.74 Å². The van der Waals surface area contributed by atoms with Gasteiger partial charge in [-0.15, -0.1) is 0 Å². The molecular formula is C17H25N3O. The van der Waals surface area contributed by atoms with Crippen molar-refractivity contribution in [2.24, 2.45) is 0 Å². The van der Waals surface area contributed by atoms with E-state index < -0.39 is 0 Å². The van der Waals surface area contributed by atoms with Crippen LogP contribution in [0.4, 0.5) is 0 Å². The summed E-state index contributed by atoms with van der Waals surface area (Å²) in [5.41, 5.74) is 1.06. The van der Waals surface area contributed by atoms with Crippen LogP contribution in [0.1, 0.15) is 31.9 Å². The van der Waals surface area contributed by atoms with Crippen molar-refractivity contribution in [2.45, 2.75) is 26.3 Å². The first-order valence-corrected chi connectivity index (χ1v) is 7.87. The Morgan fingerprint density at radius 2 is 1.81 bits per heavy atom. The van der Waals surface area contributed by atoms with Crippen LogP contribution >= 0.6 is 0 Å². The van der Waals surface area contributed by atoms with Gasteiger partial charge in [-0.1, -0.05) is 26.0 Å². The highest BCUT2D eigenvalue weighted by atomic mass is 16.5. The van der Waals surface area contributed by atoms with Gasteiger partial charge in [0.25, 0.3) is 0 Å². The second-order valence-electron chi connectivity index (χ2n) is 5.42. The maximum Gasteiger partial charge on any atom is 0.123 e. The van der Waals surface area contributed by atoms with Crippen LogP contribution in [0.15, 0.2) is 24.3 Å². The van der Waals surface area contributed by atoms with Crippen molar-refractivity contribution in [3.63, 3.8) is 0 Å². The van der Waals surface area contributed by atoms with Gasteiger partial charge in [-0.05, 0) is 30.7 Å². The fourth-order valence-corrected chi connectivity index (χ4v) is 2.67. The first kappa shape index (κ1) is 15.8. The van der Waals surface area contributed by atoms with Gasteiger partial charge in [0.2, 0.25) is 0 Å². The van der Waals surface area contributed by atoms with E-state index in [2.05, 4.69) is 29.7 Å². The molecule has 0 aromatic heterocycles. The van der Waals surface area contributed by atoms with Gasteiger partial charge in [0, 0.05) is 26.2 Å². The van der Waals surface area contributed by atoms with Gasteiger partial charge in [-0.25, -0.2) is 0 Å². The van der Waals surface area contributed by atoms with Gasteiger partial charge >= 0.3 is 0 Å². The third-order valence-electron chi connectivity index (χ3n) is 4.01. The zero-order valence-corrected chi connectivity index (χ0v) is 13.1. The van der Waals surface area contributed by atoms with E-state index in [1.54, 1.807) is 0 Å². The van der Waals surface area contributed by atoms with Crippen molar-refractivity contribution in [3.05, 3.63) is 29.8 Å². The fourth-order valence-electron chi connectivity index (χ4n) is 2.67. The molecule has 4 nitrogen and oxygen atoms in total. The molecule has 1 unspecified atom stereocenters. The number of nitrogens with zero attached hydrogens (tertiary/aromatic N) is 3. The van der Waals surface area contributed by atoms with E-state index in [1.807, 2.05) is 24.3 Å². The highest BCUT2D eigenvalue weighted by Crippen LogP contribution is 2.23. The summed E-state index contributed by atoms with van der Waals surface area (Å²) >= 11 is 0. The normalized spacial score (nSPS) is 18.1. The number of piperazine rings is 1. The molecule has 1 atom stereocenters. The molecule has 4 heteroatoms. The Balaban J connectivity index is 1.99. The summed E-state index contributed by atoms with van der Waals surface area (Å²) in [6.07, 6.45) is 1.00. The monoisotopic (exact) mass is 287 g/mol. The molecule has 0 amide bonds. The molecule has 1 heterocycles. The van der Waals surface area contributed by atoms with Gasteiger partial charge in [-0.3, -0.25) is 4.90 Å². The Labute approximate surface area is 127 Å². The predicted molar refractivity (Wildman–Crippen MR) is 84.3 cm³/mol. The average molecular weight is 287 g/mol. The second-order valence-corrected chi connectivity index (χ2v) is 5.42. The number of ether oxygens (including phenoxy) is 1. The number of likely N-dealkylation sites (N-methyl/N-ethyl adjacent to an activating group) is 1.